The van der Waals surface area contributed by atoms with Gasteiger partial charge in [0.15, 0.2) is 5.84 Å². The van der Waals surface area contributed by atoms with Gasteiger partial charge in [0.2, 0.25) is 0 Å². The van der Waals surface area contributed by atoms with Crippen molar-refractivity contribution < 1.29 is 4.42 Å². The van der Waals surface area contributed by atoms with E-state index in [9.17, 15) is 0 Å². The Kier molecular flexibility index (Phi) is 5.52. The molecule has 0 saturated heterocycles. The van der Waals surface area contributed by atoms with E-state index in [0.29, 0.717) is 5.84 Å². The number of aryl methyl sites for hydroxylation is 1. The predicted molar refractivity (Wildman–Crippen MR) is 162 cm³/mol. The van der Waals surface area contributed by atoms with E-state index in [1.807, 2.05) is 30.3 Å². The lowest BCUT2D eigenvalue weighted by molar-refractivity contribution is 0.640. The summed E-state index contributed by atoms with van der Waals surface area (Å²) in [6.07, 6.45) is 0. The largest absolute Gasteiger partial charge is 0.456 e. The van der Waals surface area contributed by atoms with Gasteiger partial charge in [-0.05, 0) is 63.4 Å². The van der Waals surface area contributed by atoms with E-state index in [1.165, 1.54) is 5.39 Å². The molecule has 0 radical (unpaired) electrons. The number of nitrogens with two attached hydrogens (primary N) is 1. The molecule has 1 unspecified atom stereocenters. The Balaban J connectivity index is 1.42. The van der Waals surface area contributed by atoms with Crippen molar-refractivity contribution in [3.8, 4) is 0 Å². The number of furan rings is 1. The maximum atomic E-state index is 6.61. The van der Waals surface area contributed by atoms with Gasteiger partial charge in [-0.3, -0.25) is 5.43 Å². The quantitative estimate of drug-likeness (QED) is 0.141. The summed E-state index contributed by atoms with van der Waals surface area (Å²) in [5.74, 6) is 0.444. The van der Waals surface area contributed by atoms with Gasteiger partial charge in [-0.25, -0.2) is 0 Å². The van der Waals surface area contributed by atoms with Gasteiger partial charge in [-0.15, -0.1) is 0 Å². The minimum atomic E-state index is -0.241. The van der Waals surface area contributed by atoms with Crippen LogP contribution in [0.15, 0.2) is 131 Å². The maximum Gasteiger partial charge on any atom is 0.151 e. The van der Waals surface area contributed by atoms with Crippen LogP contribution in [0.2, 0.25) is 0 Å². The number of nitrogens with one attached hydrogen (secondary N) is 1. The molecule has 39 heavy (non-hydrogen) atoms. The third-order valence-electron chi connectivity index (χ3n) is 7.44. The fourth-order valence-corrected chi connectivity index (χ4v) is 5.61. The molecular weight excluding hydrogens is 478 g/mol. The molecule has 6 aromatic carbocycles. The van der Waals surface area contributed by atoms with E-state index in [0.717, 1.165) is 60.4 Å². The monoisotopic (exact) mass is 505 g/mol. The van der Waals surface area contributed by atoms with Crippen molar-refractivity contribution in [3.63, 3.8) is 0 Å². The Morgan fingerprint density at radius 2 is 1.38 bits per heavy atom. The highest BCUT2D eigenvalue weighted by Crippen LogP contribution is 2.39. The number of fused-ring (bicyclic) bond motifs is 5. The molecule has 1 atom stereocenters. The normalized spacial score (nSPS) is 12.9. The average molecular weight is 506 g/mol. The van der Waals surface area contributed by atoms with Gasteiger partial charge in [-0.1, -0.05) is 103 Å². The third kappa shape index (κ3) is 4.07. The molecule has 0 saturated carbocycles. The molecule has 0 amide bonds. The minimum absolute atomic E-state index is 0.241. The van der Waals surface area contributed by atoms with E-state index < -0.39 is 0 Å². The highest BCUT2D eigenvalue weighted by atomic mass is 16.3. The van der Waals surface area contributed by atoms with Gasteiger partial charge in [0.05, 0.1) is 6.04 Å². The number of benzene rings is 6. The molecule has 7 aromatic rings. The van der Waals surface area contributed by atoms with Gasteiger partial charge in [0, 0.05) is 16.3 Å². The molecule has 1 aromatic heterocycles. The second kappa shape index (κ2) is 9.34. The number of hydrazone groups is 1. The Morgan fingerprint density at radius 3 is 2.21 bits per heavy atom. The van der Waals surface area contributed by atoms with Gasteiger partial charge in [0.1, 0.15) is 11.2 Å². The van der Waals surface area contributed by atoms with Gasteiger partial charge >= 0.3 is 0 Å². The summed E-state index contributed by atoms with van der Waals surface area (Å²) in [5, 5.41) is 11.5. The number of rotatable bonds is 5. The summed E-state index contributed by atoms with van der Waals surface area (Å²) >= 11 is 0. The number of amidine groups is 1. The van der Waals surface area contributed by atoms with E-state index >= 15 is 0 Å². The fraction of sp³-hybridized carbons (Fsp3) is 0.0571. The first-order valence-electron chi connectivity index (χ1n) is 13.1. The second-order valence-electron chi connectivity index (χ2n) is 10.0. The van der Waals surface area contributed by atoms with E-state index in [2.05, 4.69) is 103 Å². The van der Waals surface area contributed by atoms with Crippen LogP contribution in [0, 0.1) is 6.92 Å². The fourth-order valence-electron chi connectivity index (χ4n) is 5.61. The smallest absolute Gasteiger partial charge is 0.151 e. The molecule has 1 heterocycles. The van der Waals surface area contributed by atoms with E-state index in [4.69, 9.17) is 15.3 Å². The molecule has 4 heteroatoms. The summed E-state index contributed by atoms with van der Waals surface area (Å²) in [5.41, 5.74) is 16.0. The number of hydrogen-bond donors (Lipinski definition) is 2. The highest BCUT2D eigenvalue weighted by molar-refractivity contribution is 6.12. The first kappa shape index (κ1) is 23.1. The summed E-state index contributed by atoms with van der Waals surface area (Å²) in [6.45, 7) is 2.10. The Morgan fingerprint density at radius 1 is 0.692 bits per heavy atom. The van der Waals surface area contributed by atoms with Gasteiger partial charge < -0.3 is 10.2 Å². The SMILES string of the molecule is Cc1cc(C(NN=C(N)c2cccc3ccccc23)c2ccccc2)c2c(c1)oc1cc3ccccc3cc12. The Hall–Kier alpha value is -5.09. The van der Waals surface area contributed by atoms with Crippen molar-refractivity contribution in [2.75, 3.05) is 0 Å². The standard InChI is InChI=1S/C35H27N3O/c1-22-18-30(33-29-20-25-13-5-6-14-26(25)21-31(29)39-32(33)19-22)34(24-11-3-2-4-12-24)37-38-35(36)28-17-9-15-23-10-7-8-16-27(23)28/h2-21,34,37H,1H3,(H2,36,38). The van der Waals surface area contributed by atoms with Crippen LogP contribution < -0.4 is 11.2 Å². The lowest BCUT2D eigenvalue weighted by Gasteiger charge is -2.20. The van der Waals surface area contributed by atoms with Crippen molar-refractivity contribution in [2.24, 2.45) is 10.8 Å². The summed E-state index contributed by atoms with van der Waals surface area (Å²) in [6, 6.07) is 41.5. The van der Waals surface area contributed by atoms with Crippen LogP contribution in [-0.2, 0) is 0 Å². The molecule has 188 valence electrons. The van der Waals surface area contributed by atoms with Crippen LogP contribution >= 0.6 is 0 Å². The minimum Gasteiger partial charge on any atom is -0.456 e. The molecule has 3 N–H and O–H groups in total. The van der Waals surface area contributed by atoms with Crippen molar-refractivity contribution in [1.82, 2.24) is 5.43 Å². The van der Waals surface area contributed by atoms with E-state index in [-0.39, 0.29) is 6.04 Å². The van der Waals surface area contributed by atoms with Gasteiger partial charge in [-0.2, -0.15) is 5.10 Å². The topological polar surface area (TPSA) is 63.5 Å². The van der Waals surface area contributed by atoms with Crippen LogP contribution in [0.1, 0.15) is 28.3 Å². The van der Waals surface area contributed by atoms with Crippen molar-refractivity contribution in [2.45, 2.75) is 13.0 Å². The van der Waals surface area contributed by atoms with Crippen molar-refractivity contribution in [1.29, 1.82) is 0 Å². The molecule has 0 aliphatic heterocycles. The third-order valence-corrected chi connectivity index (χ3v) is 7.44. The molecular formula is C35H27N3O. The molecule has 0 bridgehead atoms. The summed E-state index contributed by atoms with van der Waals surface area (Å²) in [4.78, 5) is 0. The zero-order valence-corrected chi connectivity index (χ0v) is 21.6. The number of nitrogens with zero attached hydrogens (tertiary/aromatic N) is 1. The molecule has 0 fully saturated rings. The summed E-state index contributed by atoms with van der Waals surface area (Å²) < 4.78 is 6.42. The van der Waals surface area contributed by atoms with Crippen LogP contribution in [0.4, 0.5) is 0 Å². The van der Waals surface area contributed by atoms with Crippen LogP contribution in [0.5, 0.6) is 0 Å². The molecule has 7 rings (SSSR count). The van der Waals surface area contributed by atoms with Crippen molar-refractivity contribution in [3.05, 3.63) is 144 Å². The molecule has 0 spiro atoms. The van der Waals surface area contributed by atoms with Crippen LogP contribution in [0.25, 0.3) is 43.5 Å². The highest BCUT2D eigenvalue weighted by Gasteiger charge is 2.21. The Bertz CT molecular complexity index is 2020. The lowest BCUT2D eigenvalue weighted by Crippen LogP contribution is -2.23. The zero-order chi connectivity index (χ0) is 26.3. The van der Waals surface area contributed by atoms with Crippen LogP contribution in [0.3, 0.4) is 0 Å². The second-order valence-corrected chi connectivity index (χ2v) is 10.0. The lowest BCUT2D eigenvalue weighted by atomic mass is 9.93. The first-order valence-corrected chi connectivity index (χ1v) is 13.1. The van der Waals surface area contributed by atoms with Crippen molar-refractivity contribution >= 4 is 49.3 Å². The molecule has 4 nitrogen and oxygen atoms in total. The average Bonchev–Trinajstić information content (AvgIpc) is 3.32. The molecule has 0 aliphatic rings. The first-order chi connectivity index (χ1) is 19.2. The maximum absolute atomic E-state index is 6.61. The van der Waals surface area contributed by atoms with E-state index in [1.54, 1.807) is 0 Å². The molecule has 0 aliphatic carbocycles. The zero-order valence-electron chi connectivity index (χ0n) is 21.6. The van der Waals surface area contributed by atoms with Crippen LogP contribution in [-0.4, -0.2) is 5.84 Å². The predicted octanol–water partition coefficient (Wildman–Crippen LogP) is 8.20. The summed E-state index contributed by atoms with van der Waals surface area (Å²) in [7, 11) is 0. The van der Waals surface area contributed by atoms with Gasteiger partial charge in [0.25, 0.3) is 0 Å². The number of hydrogen-bond acceptors (Lipinski definition) is 3. The Labute approximate surface area is 226 Å².